The zero-order valence-corrected chi connectivity index (χ0v) is 8.34. The van der Waals surface area contributed by atoms with Gasteiger partial charge in [0.2, 0.25) is 0 Å². The van der Waals surface area contributed by atoms with E-state index >= 15 is 0 Å². The van der Waals surface area contributed by atoms with Gasteiger partial charge in [-0.25, -0.2) is 0 Å². The van der Waals surface area contributed by atoms with Crippen LogP contribution in [0.4, 0.5) is 13.2 Å². The first-order chi connectivity index (χ1) is 5.65. The fourth-order valence-electron chi connectivity index (χ4n) is 1.65. The molecule has 0 aromatic carbocycles. The van der Waals surface area contributed by atoms with Crippen LogP contribution in [0.25, 0.3) is 0 Å². The fourth-order valence-corrected chi connectivity index (χ4v) is 2.56. The van der Waals surface area contributed by atoms with Gasteiger partial charge in [0.1, 0.15) is 4.33 Å². The smallest absolute Gasteiger partial charge is 0.389 e. The van der Waals surface area contributed by atoms with E-state index in [0.29, 0.717) is 0 Å². The molecular weight excluding hydrogens is 228 g/mol. The molecule has 1 rings (SSSR count). The normalized spacial score (nSPS) is 37.6. The molecule has 2 unspecified atom stereocenters. The average Bonchev–Trinajstić information content (AvgIpc) is 2.21. The van der Waals surface area contributed by atoms with Crippen molar-refractivity contribution in [2.75, 3.05) is 6.61 Å². The maximum Gasteiger partial charge on any atom is 0.389 e. The van der Waals surface area contributed by atoms with Crippen molar-refractivity contribution in [3.8, 4) is 0 Å². The summed E-state index contributed by atoms with van der Waals surface area (Å²) in [6.07, 6.45) is -5.36. The predicted octanol–water partition coefficient (Wildman–Crippen LogP) is 2.74. The summed E-state index contributed by atoms with van der Waals surface area (Å²) in [5.74, 6) is -0.690. The van der Waals surface area contributed by atoms with E-state index in [-0.39, 0.29) is 0 Å². The first kappa shape index (κ1) is 11.4. The van der Waals surface area contributed by atoms with Crippen LogP contribution in [0.3, 0.4) is 0 Å². The van der Waals surface area contributed by atoms with Gasteiger partial charge in [-0.05, 0) is 0 Å². The lowest BCUT2D eigenvalue weighted by Gasteiger charge is -2.14. The van der Waals surface area contributed by atoms with E-state index in [9.17, 15) is 13.2 Å². The lowest BCUT2D eigenvalue weighted by molar-refractivity contribution is -0.147. The summed E-state index contributed by atoms with van der Waals surface area (Å²) in [7, 11) is 0. The summed E-state index contributed by atoms with van der Waals surface area (Å²) >= 11 is 11.3. The molecular formula is C7H9Cl2F3O. The third-order valence-corrected chi connectivity index (χ3v) is 4.03. The summed E-state index contributed by atoms with van der Waals surface area (Å²) in [5.41, 5.74) is -1.25. The largest absolute Gasteiger partial charge is 0.396 e. The Hall–Kier alpha value is 0.330. The molecule has 0 aromatic rings. The number of halogens is 5. The Bertz CT molecular complexity index is 216. The fraction of sp³-hybridized carbons (Fsp3) is 1.00. The first-order valence-corrected chi connectivity index (χ1v) is 4.46. The van der Waals surface area contributed by atoms with Crippen LogP contribution in [-0.2, 0) is 0 Å². The van der Waals surface area contributed by atoms with Crippen LogP contribution in [0, 0.1) is 11.3 Å². The van der Waals surface area contributed by atoms with Crippen LogP contribution >= 0.6 is 23.2 Å². The van der Waals surface area contributed by atoms with Gasteiger partial charge in [0.15, 0.2) is 0 Å². The topological polar surface area (TPSA) is 20.2 Å². The van der Waals surface area contributed by atoms with E-state index in [1.165, 1.54) is 6.92 Å². The van der Waals surface area contributed by atoms with Crippen molar-refractivity contribution in [1.29, 1.82) is 0 Å². The number of aliphatic hydroxyl groups is 1. The van der Waals surface area contributed by atoms with Gasteiger partial charge in [-0.15, -0.1) is 23.2 Å². The molecule has 0 amide bonds. The Labute approximate surface area is 83.8 Å². The summed E-state index contributed by atoms with van der Waals surface area (Å²) in [4.78, 5) is 0. The Balaban J connectivity index is 2.71. The van der Waals surface area contributed by atoms with Crippen LogP contribution in [0.1, 0.15) is 13.3 Å². The van der Waals surface area contributed by atoms with Crippen molar-refractivity contribution in [3.05, 3.63) is 0 Å². The maximum atomic E-state index is 12.0. The molecule has 1 aliphatic carbocycles. The number of rotatable bonds is 2. The standard InChI is InChI=1S/C7H9Cl2F3O/c1-5(3-6(10,11)12)4(2-13)7(5,8)9/h4,13H,2-3H2,1H3. The molecule has 2 atom stereocenters. The predicted molar refractivity (Wildman–Crippen MR) is 43.8 cm³/mol. The molecule has 0 heterocycles. The van der Waals surface area contributed by atoms with Crippen LogP contribution in [0.2, 0.25) is 0 Å². The van der Waals surface area contributed by atoms with Gasteiger partial charge in [-0.3, -0.25) is 0 Å². The van der Waals surface area contributed by atoms with Crippen LogP contribution in [-0.4, -0.2) is 22.2 Å². The number of hydrogen-bond acceptors (Lipinski definition) is 1. The van der Waals surface area contributed by atoms with Gasteiger partial charge >= 0.3 is 6.18 Å². The highest BCUT2D eigenvalue weighted by Gasteiger charge is 2.74. The van der Waals surface area contributed by atoms with Gasteiger partial charge in [0.25, 0.3) is 0 Å². The molecule has 0 radical (unpaired) electrons. The number of aliphatic hydroxyl groups excluding tert-OH is 1. The quantitative estimate of drug-likeness (QED) is 0.732. The second-order valence-corrected chi connectivity index (χ2v) is 4.95. The minimum Gasteiger partial charge on any atom is -0.396 e. The van der Waals surface area contributed by atoms with Crippen molar-refractivity contribution in [1.82, 2.24) is 0 Å². The Morgan fingerprint density at radius 3 is 2.08 bits per heavy atom. The molecule has 1 aliphatic rings. The Morgan fingerprint density at radius 2 is 1.85 bits per heavy atom. The molecule has 1 saturated carbocycles. The van der Waals surface area contributed by atoms with Gasteiger partial charge in [-0.2, -0.15) is 13.2 Å². The van der Waals surface area contributed by atoms with E-state index in [4.69, 9.17) is 28.3 Å². The van der Waals surface area contributed by atoms with Crippen molar-refractivity contribution < 1.29 is 18.3 Å². The number of hydrogen-bond donors (Lipinski definition) is 1. The Morgan fingerprint density at radius 1 is 1.38 bits per heavy atom. The average molecular weight is 237 g/mol. The maximum absolute atomic E-state index is 12.0. The molecule has 78 valence electrons. The molecule has 6 heteroatoms. The van der Waals surface area contributed by atoms with E-state index in [1.54, 1.807) is 0 Å². The second kappa shape index (κ2) is 2.91. The van der Waals surface area contributed by atoms with E-state index in [1.807, 2.05) is 0 Å². The molecule has 0 aliphatic heterocycles. The van der Waals surface area contributed by atoms with Crippen LogP contribution in [0.5, 0.6) is 0 Å². The number of alkyl halides is 5. The highest BCUT2D eigenvalue weighted by atomic mass is 35.5. The summed E-state index contributed by atoms with van der Waals surface area (Å²) in [6, 6.07) is 0. The minimum atomic E-state index is -4.30. The van der Waals surface area contributed by atoms with Gasteiger partial charge in [0, 0.05) is 17.9 Å². The SMILES string of the molecule is CC1(CC(F)(F)F)C(CO)C1(Cl)Cl. The van der Waals surface area contributed by atoms with E-state index < -0.39 is 34.9 Å². The van der Waals surface area contributed by atoms with Crippen molar-refractivity contribution in [2.45, 2.75) is 23.9 Å². The second-order valence-electron chi connectivity index (χ2n) is 3.57. The van der Waals surface area contributed by atoms with Crippen LogP contribution in [0.15, 0.2) is 0 Å². The van der Waals surface area contributed by atoms with Crippen molar-refractivity contribution in [2.24, 2.45) is 11.3 Å². The summed E-state index contributed by atoms with van der Waals surface area (Å²) in [5, 5.41) is 8.74. The molecule has 1 N–H and O–H groups in total. The zero-order chi connectivity index (χ0) is 10.5. The molecule has 0 aromatic heterocycles. The zero-order valence-electron chi connectivity index (χ0n) is 6.83. The molecule has 1 nitrogen and oxygen atoms in total. The third-order valence-electron chi connectivity index (χ3n) is 2.64. The lowest BCUT2D eigenvalue weighted by Crippen LogP contribution is -2.18. The van der Waals surface area contributed by atoms with Gasteiger partial charge < -0.3 is 5.11 Å². The van der Waals surface area contributed by atoms with E-state index in [0.717, 1.165) is 0 Å². The monoisotopic (exact) mass is 236 g/mol. The molecule has 1 fully saturated rings. The molecule has 0 saturated heterocycles. The highest BCUT2D eigenvalue weighted by Crippen LogP contribution is 2.71. The van der Waals surface area contributed by atoms with Crippen molar-refractivity contribution in [3.63, 3.8) is 0 Å². The highest BCUT2D eigenvalue weighted by molar-refractivity contribution is 6.51. The van der Waals surface area contributed by atoms with Gasteiger partial charge in [0.05, 0.1) is 6.42 Å². The van der Waals surface area contributed by atoms with E-state index in [2.05, 4.69) is 0 Å². The third kappa shape index (κ3) is 1.76. The Kier molecular flexibility index (Phi) is 2.55. The molecule has 0 spiro atoms. The van der Waals surface area contributed by atoms with Crippen molar-refractivity contribution >= 4 is 23.2 Å². The van der Waals surface area contributed by atoms with Crippen LogP contribution < -0.4 is 0 Å². The minimum absolute atomic E-state index is 0.417. The summed E-state index contributed by atoms with van der Waals surface area (Å²) < 4.78 is 34.7. The van der Waals surface area contributed by atoms with Gasteiger partial charge in [-0.1, -0.05) is 6.92 Å². The molecule has 13 heavy (non-hydrogen) atoms. The molecule has 0 bridgehead atoms. The first-order valence-electron chi connectivity index (χ1n) is 3.70. The summed E-state index contributed by atoms with van der Waals surface area (Å²) in [6.45, 7) is 0.918. The lowest BCUT2D eigenvalue weighted by atomic mass is 10.0.